The van der Waals surface area contributed by atoms with Gasteiger partial charge in [-0.25, -0.2) is 0 Å². The zero-order chi connectivity index (χ0) is 25.0. The van der Waals surface area contributed by atoms with Gasteiger partial charge in [-0.2, -0.15) is 0 Å². The number of nitrogens with one attached hydrogen (secondary N) is 1. The van der Waals surface area contributed by atoms with Gasteiger partial charge in [0.25, 0.3) is 0 Å². The second-order valence-electron chi connectivity index (χ2n) is 8.64. The van der Waals surface area contributed by atoms with Gasteiger partial charge in [-0.05, 0) is 84.3 Å². The van der Waals surface area contributed by atoms with Crippen molar-refractivity contribution in [2.75, 3.05) is 6.54 Å². The van der Waals surface area contributed by atoms with Crippen molar-refractivity contribution in [2.24, 2.45) is 5.92 Å². The Hall–Kier alpha value is -2.74. The van der Waals surface area contributed by atoms with Gasteiger partial charge >= 0.3 is 6.36 Å². The molecule has 4 nitrogen and oxygen atoms in total. The smallest absolute Gasteiger partial charge is 0.457 e. The SMILES string of the molecule is CCc1cc(Oc2cccc(C(NCC(O)C3CC3)c3ccc(OC(F)(F)F)cc3)c2)ccc1Cl. The predicted molar refractivity (Wildman–Crippen MR) is 129 cm³/mol. The molecule has 1 saturated carbocycles. The van der Waals surface area contributed by atoms with Crippen LogP contribution in [-0.2, 0) is 6.42 Å². The van der Waals surface area contributed by atoms with E-state index in [1.165, 1.54) is 12.1 Å². The molecule has 0 aliphatic heterocycles. The Morgan fingerprint density at radius 1 is 0.971 bits per heavy atom. The summed E-state index contributed by atoms with van der Waals surface area (Å²) in [6.45, 7) is 2.38. The van der Waals surface area contributed by atoms with E-state index in [1.807, 2.05) is 37.3 Å². The minimum atomic E-state index is -4.75. The Balaban J connectivity index is 1.57. The summed E-state index contributed by atoms with van der Waals surface area (Å²) < 4.78 is 47.8. The summed E-state index contributed by atoms with van der Waals surface area (Å²) in [5.74, 6) is 1.27. The van der Waals surface area contributed by atoms with Gasteiger partial charge in [-0.1, -0.05) is 42.8 Å². The zero-order valence-electron chi connectivity index (χ0n) is 19.2. The molecular weight excluding hydrogens is 479 g/mol. The lowest BCUT2D eigenvalue weighted by Crippen LogP contribution is -2.32. The first-order valence-corrected chi connectivity index (χ1v) is 11.9. The van der Waals surface area contributed by atoms with Gasteiger partial charge in [0.1, 0.15) is 17.2 Å². The number of hydrogen-bond acceptors (Lipinski definition) is 4. The lowest BCUT2D eigenvalue weighted by Gasteiger charge is -2.23. The third-order valence-corrected chi connectivity index (χ3v) is 6.34. The Kier molecular flexibility index (Phi) is 7.89. The molecule has 0 aromatic heterocycles. The molecule has 8 heteroatoms. The fourth-order valence-electron chi connectivity index (χ4n) is 3.96. The van der Waals surface area contributed by atoms with E-state index < -0.39 is 12.5 Å². The number of benzene rings is 3. The Morgan fingerprint density at radius 3 is 2.31 bits per heavy atom. The molecule has 1 aliphatic carbocycles. The summed E-state index contributed by atoms with van der Waals surface area (Å²) in [6, 6.07) is 18.3. The molecule has 186 valence electrons. The summed E-state index contributed by atoms with van der Waals surface area (Å²) in [4.78, 5) is 0. The van der Waals surface area contributed by atoms with Crippen LogP contribution in [0.4, 0.5) is 13.2 Å². The van der Waals surface area contributed by atoms with Crippen LogP contribution in [0.5, 0.6) is 17.2 Å². The van der Waals surface area contributed by atoms with E-state index in [9.17, 15) is 18.3 Å². The van der Waals surface area contributed by atoms with Crippen LogP contribution in [0.2, 0.25) is 5.02 Å². The van der Waals surface area contributed by atoms with Crippen LogP contribution in [0.15, 0.2) is 66.7 Å². The Morgan fingerprint density at radius 2 is 1.66 bits per heavy atom. The average molecular weight is 506 g/mol. The molecule has 3 aromatic rings. The maximum absolute atomic E-state index is 12.6. The largest absolute Gasteiger partial charge is 0.573 e. The van der Waals surface area contributed by atoms with E-state index in [2.05, 4.69) is 10.1 Å². The predicted octanol–water partition coefficient (Wildman–Crippen LogP) is 7.04. The van der Waals surface area contributed by atoms with Crippen molar-refractivity contribution >= 4 is 11.6 Å². The quantitative estimate of drug-likeness (QED) is 0.310. The van der Waals surface area contributed by atoms with Gasteiger partial charge in [-0.15, -0.1) is 13.2 Å². The zero-order valence-corrected chi connectivity index (χ0v) is 19.9. The highest BCUT2D eigenvalue weighted by Gasteiger charge is 2.32. The molecule has 2 atom stereocenters. The monoisotopic (exact) mass is 505 g/mol. The standard InChI is InChI=1S/C27H27ClF3NO3/c1-2-17-14-23(12-13-24(17)28)34-22-5-3-4-20(15-22)26(32-16-25(33)18-6-7-18)19-8-10-21(11-9-19)35-27(29,30)31/h3-5,8-15,18,25-26,32-33H,2,6-7,16H2,1H3. The van der Waals surface area contributed by atoms with Crippen molar-refractivity contribution in [1.29, 1.82) is 0 Å². The lowest BCUT2D eigenvalue weighted by molar-refractivity contribution is -0.274. The summed E-state index contributed by atoms with van der Waals surface area (Å²) >= 11 is 6.21. The first kappa shape index (κ1) is 25.4. The first-order valence-electron chi connectivity index (χ1n) is 11.5. The highest BCUT2D eigenvalue weighted by molar-refractivity contribution is 6.31. The molecule has 0 heterocycles. The number of alkyl halides is 3. The van der Waals surface area contributed by atoms with Gasteiger partial charge in [0.05, 0.1) is 12.1 Å². The molecule has 1 fully saturated rings. The highest BCUT2D eigenvalue weighted by Crippen LogP contribution is 2.34. The van der Waals surface area contributed by atoms with Crippen LogP contribution in [0.1, 0.15) is 42.5 Å². The molecule has 2 unspecified atom stereocenters. The maximum Gasteiger partial charge on any atom is 0.573 e. The fourth-order valence-corrected chi connectivity index (χ4v) is 4.21. The summed E-state index contributed by atoms with van der Waals surface area (Å²) in [5, 5.41) is 14.4. The van der Waals surface area contributed by atoms with Crippen LogP contribution in [0, 0.1) is 5.92 Å². The van der Waals surface area contributed by atoms with Gasteiger partial charge in [0, 0.05) is 11.6 Å². The summed E-state index contributed by atoms with van der Waals surface area (Å²) in [6.07, 6.45) is -2.45. The Labute approximate surface area is 207 Å². The van der Waals surface area contributed by atoms with Crippen LogP contribution in [-0.4, -0.2) is 24.1 Å². The molecule has 2 N–H and O–H groups in total. The number of rotatable bonds is 10. The number of hydrogen-bond donors (Lipinski definition) is 2. The maximum atomic E-state index is 12.6. The topological polar surface area (TPSA) is 50.7 Å². The number of ether oxygens (including phenoxy) is 2. The number of aryl methyl sites for hydroxylation is 1. The molecular formula is C27H27ClF3NO3. The number of aliphatic hydroxyl groups is 1. The molecule has 0 radical (unpaired) electrons. The van der Waals surface area contributed by atoms with Crippen LogP contribution in [0.25, 0.3) is 0 Å². The summed E-state index contributed by atoms with van der Waals surface area (Å²) in [7, 11) is 0. The van der Waals surface area contributed by atoms with Crippen molar-refractivity contribution in [3.05, 3.63) is 88.4 Å². The second kappa shape index (κ2) is 10.9. The molecule has 1 aliphatic rings. The van der Waals surface area contributed by atoms with Gasteiger partial charge in [0.15, 0.2) is 0 Å². The van der Waals surface area contributed by atoms with Crippen LogP contribution in [0.3, 0.4) is 0 Å². The van der Waals surface area contributed by atoms with Crippen molar-refractivity contribution in [1.82, 2.24) is 5.32 Å². The third kappa shape index (κ3) is 7.13. The molecule has 4 rings (SSSR count). The Bertz CT molecular complexity index is 1130. The van der Waals surface area contributed by atoms with E-state index in [4.69, 9.17) is 16.3 Å². The molecule has 0 saturated heterocycles. The van der Waals surface area contributed by atoms with Gasteiger partial charge in [0.2, 0.25) is 0 Å². The van der Waals surface area contributed by atoms with E-state index in [0.717, 1.165) is 36.0 Å². The minimum Gasteiger partial charge on any atom is -0.457 e. The lowest BCUT2D eigenvalue weighted by atomic mass is 9.98. The van der Waals surface area contributed by atoms with Crippen molar-refractivity contribution < 1.29 is 27.8 Å². The number of aliphatic hydroxyl groups excluding tert-OH is 1. The van der Waals surface area contributed by atoms with E-state index in [-0.39, 0.29) is 17.7 Å². The third-order valence-electron chi connectivity index (χ3n) is 5.97. The van der Waals surface area contributed by atoms with Crippen LogP contribution < -0.4 is 14.8 Å². The number of halogens is 4. The van der Waals surface area contributed by atoms with Crippen LogP contribution >= 0.6 is 11.6 Å². The minimum absolute atomic E-state index is 0.287. The molecule has 3 aromatic carbocycles. The normalized spacial score (nSPS) is 15.5. The summed E-state index contributed by atoms with van der Waals surface area (Å²) in [5.41, 5.74) is 2.56. The van der Waals surface area contributed by atoms with Gasteiger partial charge < -0.3 is 19.9 Å². The van der Waals surface area contributed by atoms with E-state index in [1.54, 1.807) is 24.3 Å². The molecule has 0 amide bonds. The van der Waals surface area contributed by atoms with E-state index >= 15 is 0 Å². The fraction of sp³-hybridized carbons (Fsp3) is 0.333. The molecule has 0 bridgehead atoms. The second-order valence-corrected chi connectivity index (χ2v) is 9.05. The first-order chi connectivity index (χ1) is 16.7. The van der Waals surface area contributed by atoms with Gasteiger partial charge in [-0.3, -0.25) is 0 Å². The van der Waals surface area contributed by atoms with Crippen molar-refractivity contribution in [3.63, 3.8) is 0 Å². The average Bonchev–Trinajstić information content (AvgIpc) is 3.66. The van der Waals surface area contributed by atoms with Crippen molar-refractivity contribution in [2.45, 2.75) is 44.7 Å². The van der Waals surface area contributed by atoms with E-state index in [0.29, 0.717) is 23.1 Å². The highest BCUT2D eigenvalue weighted by atomic mass is 35.5. The molecule has 0 spiro atoms. The van der Waals surface area contributed by atoms with Crippen molar-refractivity contribution in [3.8, 4) is 17.2 Å². The molecule has 35 heavy (non-hydrogen) atoms.